The molecule has 5 radical (unpaired) electrons. The zero-order valence-corrected chi connectivity index (χ0v) is 16.5. The molecule has 1 fully saturated rings. The Bertz CT molecular complexity index is 548. The minimum Gasteiger partial charge on any atom is -0.403 e. The van der Waals surface area contributed by atoms with E-state index in [2.05, 4.69) is 41.0 Å². The summed E-state index contributed by atoms with van der Waals surface area (Å²) in [4.78, 5) is 0. The van der Waals surface area contributed by atoms with Gasteiger partial charge >= 0.3 is 7.12 Å². The fraction of sp³-hybridized carbons (Fsp3) is 0.235. The van der Waals surface area contributed by atoms with Crippen LogP contribution in [0.25, 0.3) is 0 Å². The van der Waals surface area contributed by atoms with E-state index in [0.717, 1.165) is 0 Å². The Balaban J connectivity index is 0.000000214. The molecule has 6 nitrogen and oxygen atoms in total. The van der Waals surface area contributed by atoms with Gasteiger partial charge in [-0.2, -0.15) is 0 Å². The molecule has 0 bridgehead atoms. The van der Waals surface area contributed by atoms with Crippen molar-refractivity contribution in [3.8, 4) is 0 Å². The summed E-state index contributed by atoms with van der Waals surface area (Å²) >= 11 is 0. The standard InChI is InChI=1S/C9H10BN6.C8H12.Ir/c1-4-11-14(7-1)10(15-8-2-5-12-15)16-9-3-6-13-16;1-2-4-6-8-7-5-3-1;/h1-10H;1-2,7-8H,3-6H2;/q-1;;. The van der Waals surface area contributed by atoms with Crippen LogP contribution >= 0.6 is 0 Å². The molecule has 1 aliphatic rings. The van der Waals surface area contributed by atoms with Crippen LogP contribution in [-0.4, -0.2) is 36.2 Å². The monoisotopic (exact) mass is 514 g/mol. The third kappa shape index (κ3) is 5.97. The van der Waals surface area contributed by atoms with Gasteiger partial charge < -0.3 is 13.8 Å². The normalized spacial score (nSPS) is 14.8. The summed E-state index contributed by atoms with van der Waals surface area (Å²) in [5.41, 5.74) is 0. The Morgan fingerprint density at radius 3 is 1.12 bits per heavy atom. The molecule has 25 heavy (non-hydrogen) atoms. The molecule has 133 valence electrons. The first-order chi connectivity index (χ1) is 11.9. The maximum Gasteiger partial charge on any atom is 0.325 e. The Morgan fingerprint density at radius 1 is 0.560 bits per heavy atom. The molecule has 3 aromatic heterocycles. The summed E-state index contributed by atoms with van der Waals surface area (Å²) < 4.78 is 5.62. The molecule has 0 saturated heterocycles. The smallest absolute Gasteiger partial charge is 0.325 e. The van der Waals surface area contributed by atoms with E-state index < -0.39 is 7.12 Å². The van der Waals surface area contributed by atoms with E-state index in [0.29, 0.717) is 0 Å². The third-order valence-electron chi connectivity index (χ3n) is 3.88. The maximum absolute atomic E-state index is 4.26. The molecule has 0 spiro atoms. The van der Waals surface area contributed by atoms with E-state index in [4.69, 9.17) is 0 Å². The van der Waals surface area contributed by atoms with Crippen molar-refractivity contribution in [2.45, 2.75) is 25.7 Å². The third-order valence-corrected chi connectivity index (χ3v) is 3.88. The van der Waals surface area contributed by atoms with Crippen LogP contribution in [0.2, 0.25) is 0 Å². The summed E-state index contributed by atoms with van der Waals surface area (Å²) in [6, 6.07) is 5.69. The van der Waals surface area contributed by atoms with Gasteiger partial charge in [-0.15, -0.1) is 0 Å². The predicted molar refractivity (Wildman–Crippen MR) is 95.7 cm³/mol. The zero-order chi connectivity index (χ0) is 16.5. The Morgan fingerprint density at radius 2 is 0.880 bits per heavy atom. The topological polar surface area (TPSA) is 53.5 Å². The number of nitrogens with zero attached hydrogens (tertiary/aromatic N) is 6. The van der Waals surface area contributed by atoms with Gasteiger partial charge in [-0.3, -0.25) is 0 Å². The molecular weight excluding hydrogens is 491 g/mol. The minimum absolute atomic E-state index is 0. The van der Waals surface area contributed by atoms with E-state index in [1.165, 1.54) is 25.7 Å². The first-order valence-electron chi connectivity index (χ1n) is 8.40. The van der Waals surface area contributed by atoms with Gasteiger partial charge in [0.15, 0.2) is 0 Å². The molecule has 0 aliphatic heterocycles. The molecule has 3 aromatic rings. The van der Waals surface area contributed by atoms with Gasteiger partial charge in [-0.1, -0.05) is 0 Å². The molecule has 0 N–H and O–H groups in total. The van der Waals surface area contributed by atoms with Crippen LogP contribution in [0.1, 0.15) is 25.7 Å². The van der Waals surface area contributed by atoms with Gasteiger partial charge in [-0.25, -0.2) is 15.3 Å². The van der Waals surface area contributed by atoms with Crippen molar-refractivity contribution in [3.05, 3.63) is 81.1 Å². The molecule has 0 aromatic carbocycles. The van der Waals surface area contributed by atoms with E-state index in [9.17, 15) is 0 Å². The van der Waals surface area contributed by atoms with Crippen LogP contribution in [0.5, 0.6) is 0 Å². The van der Waals surface area contributed by atoms with Crippen molar-refractivity contribution >= 4 is 7.12 Å². The average molecular weight is 513 g/mol. The Hall–Kier alpha value is -1.66. The quantitative estimate of drug-likeness (QED) is 0.506. The average Bonchev–Trinajstić information content (AvgIpc) is 3.33. The second kappa shape index (κ2) is 11.1. The maximum atomic E-state index is 4.26. The van der Waals surface area contributed by atoms with Crippen LogP contribution in [0.4, 0.5) is 0 Å². The van der Waals surface area contributed by atoms with Gasteiger partial charge in [0, 0.05) is 38.7 Å². The fourth-order valence-corrected chi connectivity index (χ4v) is 2.70. The summed E-state index contributed by atoms with van der Waals surface area (Å²) in [5.74, 6) is 0. The van der Waals surface area contributed by atoms with Gasteiger partial charge in [-0.05, 0) is 88.2 Å². The first kappa shape index (κ1) is 19.7. The second-order valence-electron chi connectivity index (χ2n) is 5.66. The van der Waals surface area contributed by atoms with Crippen LogP contribution in [-0.2, 0) is 20.1 Å². The fourth-order valence-electron chi connectivity index (χ4n) is 2.70. The molecule has 1 aliphatic carbocycles. The molecule has 0 atom stereocenters. The summed E-state index contributed by atoms with van der Waals surface area (Å²) in [7, 11) is -1.12. The number of hydrogen-bond donors (Lipinski definition) is 0. The van der Waals surface area contributed by atoms with Gasteiger partial charge in [0.1, 0.15) is 0 Å². The zero-order valence-electron chi connectivity index (χ0n) is 14.1. The van der Waals surface area contributed by atoms with Gasteiger partial charge in [0.25, 0.3) is 0 Å². The van der Waals surface area contributed by atoms with Gasteiger partial charge in [0.2, 0.25) is 0 Å². The van der Waals surface area contributed by atoms with E-state index in [-0.39, 0.29) is 20.1 Å². The number of rotatable bonds is 3. The summed E-state index contributed by atoms with van der Waals surface area (Å²) in [5, 5.41) is 12.8. The molecule has 0 unspecified atom stereocenters. The van der Waals surface area contributed by atoms with Crippen LogP contribution in [0, 0.1) is 25.7 Å². The van der Waals surface area contributed by atoms with Crippen molar-refractivity contribution in [2.75, 3.05) is 0 Å². The summed E-state index contributed by atoms with van der Waals surface area (Å²) in [6.45, 7) is 0. The molecule has 4 rings (SSSR count). The minimum atomic E-state index is -1.12. The molecule has 0 amide bonds. The molecule has 1 saturated carbocycles. The van der Waals surface area contributed by atoms with Crippen molar-refractivity contribution in [1.82, 2.24) is 29.1 Å². The molecule has 3 heterocycles. The predicted octanol–water partition coefficient (Wildman–Crippen LogP) is 2.31. The number of hydrogen-bond acceptors (Lipinski definition) is 3. The van der Waals surface area contributed by atoms with Crippen molar-refractivity contribution in [2.24, 2.45) is 0 Å². The van der Waals surface area contributed by atoms with Crippen molar-refractivity contribution in [1.29, 1.82) is 0 Å². The van der Waals surface area contributed by atoms with E-state index >= 15 is 0 Å². The SMILES string of the molecule is [CH]1[CH]CC[CH][CH]CC1.[Ir].c1cnn([BH-](n2cccn2)n2cccn2)c1. The van der Waals surface area contributed by atoms with Crippen LogP contribution in [0.15, 0.2) is 55.4 Å². The second-order valence-corrected chi connectivity index (χ2v) is 5.66. The van der Waals surface area contributed by atoms with Crippen molar-refractivity contribution < 1.29 is 20.1 Å². The van der Waals surface area contributed by atoms with Crippen molar-refractivity contribution in [3.63, 3.8) is 0 Å². The molecular formula is C17H22BIrN6-. The number of aromatic nitrogens is 6. The van der Waals surface area contributed by atoms with Gasteiger partial charge in [0.05, 0.1) is 0 Å². The first-order valence-corrected chi connectivity index (χ1v) is 8.40. The van der Waals surface area contributed by atoms with E-state index in [1.54, 1.807) is 18.6 Å². The van der Waals surface area contributed by atoms with Crippen LogP contribution in [0.3, 0.4) is 0 Å². The van der Waals surface area contributed by atoms with E-state index in [1.807, 2.05) is 50.6 Å². The largest absolute Gasteiger partial charge is 0.403 e. The Labute approximate surface area is 163 Å². The Kier molecular flexibility index (Phi) is 8.70. The van der Waals surface area contributed by atoms with Crippen LogP contribution < -0.4 is 0 Å². The summed E-state index contributed by atoms with van der Waals surface area (Å²) in [6.07, 6.45) is 25.0. The molecule has 8 heteroatoms.